The Morgan fingerprint density at radius 3 is 2.48 bits per heavy atom. The first-order chi connectivity index (χ1) is 19.2. The van der Waals surface area contributed by atoms with Crippen molar-refractivity contribution in [2.24, 2.45) is 0 Å². The second-order valence-electron chi connectivity index (χ2n) is 9.34. The predicted molar refractivity (Wildman–Crippen MR) is 153 cm³/mol. The molecule has 1 N–H and O–H groups in total. The number of ether oxygens (including phenoxy) is 1. The van der Waals surface area contributed by atoms with Gasteiger partial charge in [0, 0.05) is 28.7 Å². The van der Waals surface area contributed by atoms with Gasteiger partial charge in [-0.2, -0.15) is 0 Å². The number of amides is 2. The molecule has 4 aromatic rings. The van der Waals surface area contributed by atoms with E-state index in [0.29, 0.717) is 37.8 Å². The van der Waals surface area contributed by atoms with E-state index in [0.717, 1.165) is 0 Å². The van der Waals surface area contributed by atoms with E-state index >= 15 is 0 Å². The molecule has 0 unspecified atom stereocenters. The third kappa shape index (κ3) is 5.16. The molecule has 0 fully saturated rings. The highest BCUT2D eigenvalue weighted by atomic mass is 79.9. The molecule has 5 rings (SSSR count). The lowest BCUT2D eigenvalue weighted by atomic mass is 10.1. The lowest BCUT2D eigenvalue weighted by molar-refractivity contribution is 0.0706. The molecule has 2 heterocycles. The number of carbonyl (C=O) groups is 2. The Morgan fingerprint density at radius 2 is 1.80 bits per heavy atom. The number of carbonyl (C=O) groups excluding carboxylic acids is 2. The lowest BCUT2D eigenvalue weighted by Crippen LogP contribution is -2.41. The molecule has 0 saturated carbocycles. The number of fused-ring (bicyclic) bond motifs is 1. The maximum absolute atomic E-state index is 14.5. The summed E-state index contributed by atoms with van der Waals surface area (Å²) in [6.07, 6.45) is 0. The fraction of sp³-hybridized carbons (Fsp3) is 0.207. The molecule has 2 amide bonds. The maximum Gasteiger partial charge on any atom is 0.333 e. The summed E-state index contributed by atoms with van der Waals surface area (Å²) in [6, 6.07) is 17.1. The van der Waals surface area contributed by atoms with Crippen LogP contribution in [0.3, 0.4) is 0 Å². The molecule has 3 aromatic carbocycles. The van der Waals surface area contributed by atoms with E-state index in [1.807, 2.05) is 0 Å². The van der Waals surface area contributed by atoms with Gasteiger partial charge in [0.2, 0.25) is 0 Å². The molecule has 0 spiro atoms. The molecule has 8 nitrogen and oxygen atoms in total. The molecule has 11 heteroatoms. The zero-order chi connectivity index (χ0) is 28.6. The molecule has 0 bridgehead atoms. The first-order valence-electron chi connectivity index (χ1n) is 12.5. The number of benzene rings is 3. The summed E-state index contributed by atoms with van der Waals surface area (Å²) >= 11 is 9.54. The Kier molecular flexibility index (Phi) is 7.82. The summed E-state index contributed by atoms with van der Waals surface area (Å²) in [5.41, 5.74) is 1.19. The third-order valence-electron chi connectivity index (χ3n) is 6.90. The van der Waals surface area contributed by atoms with E-state index in [9.17, 15) is 18.8 Å². The summed E-state index contributed by atoms with van der Waals surface area (Å²) in [5, 5.41) is 3.23. The van der Waals surface area contributed by atoms with Crippen LogP contribution in [0.2, 0.25) is 5.02 Å². The molecule has 0 saturated heterocycles. The van der Waals surface area contributed by atoms with Gasteiger partial charge in [-0.3, -0.25) is 18.7 Å². The van der Waals surface area contributed by atoms with Crippen molar-refractivity contribution >= 4 is 39.3 Å². The Balaban J connectivity index is 1.56. The Morgan fingerprint density at radius 1 is 1.07 bits per heavy atom. The minimum Gasteiger partial charge on any atom is -0.497 e. The largest absolute Gasteiger partial charge is 0.497 e. The van der Waals surface area contributed by atoms with Crippen LogP contribution in [0, 0.1) is 5.82 Å². The smallest absolute Gasteiger partial charge is 0.333 e. The SMILES string of the molecule is COc1ccc(-n2c(C(=O)N[C@H](C)c3ccccc3F)c3n(c2=O)CCN(C(=O)c2ccc(Br)c(Cl)c2)C3)cc1. The van der Waals surface area contributed by atoms with E-state index in [4.69, 9.17) is 16.3 Å². The van der Waals surface area contributed by atoms with Crippen LogP contribution in [0.5, 0.6) is 5.75 Å². The van der Waals surface area contributed by atoms with Gasteiger partial charge in [0.25, 0.3) is 11.8 Å². The molecule has 1 atom stereocenters. The molecule has 206 valence electrons. The van der Waals surface area contributed by atoms with Crippen LogP contribution < -0.4 is 15.7 Å². The number of halogens is 3. The van der Waals surface area contributed by atoms with E-state index in [1.165, 1.54) is 22.3 Å². The van der Waals surface area contributed by atoms with Crippen LogP contribution in [0.1, 0.15) is 45.1 Å². The number of nitrogens with one attached hydrogen (secondary N) is 1. The van der Waals surface area contributed by atoms with Gasteiger partial charge in [-0.15, -0.1) is 0 Å². The second kappa shape index (κ2) is 11.3. The summed E-state index contributed by atoms with van der Waals surface area (Å²) in [7, 11) is 1.53. The fourth-order valence-corrected chi connectivity index (χ4v) is 5.24. The van der Waals surface area contributed by atoms with Crippen molar-refractivity contribution in [3.8, 4) is 11.4 Å². The molecule has 0 radical (unpaired) electrons. The highest BCUT2D eigenvalue weighted by Crippen LogP contribution is 2.27. The van der Waals surface area contributed by atoms with Crippen LogP contribution in [0.25, 0.3) is 5.69 Å². The van der Waals surface area contributed by atoms with Crippen molar-refractivity contribution in [2.45, 2.75) is 26.1 Å². The lowest BCUT2D eigenvalue weighted by Gasteiger charge is -2.28. The third-order valence-corrected chi connectivity index (χ3v) is 8.13. The fourth-order valence-electron chi connectivity index (χ4n) is 4.82. The zero-order valence-electron chi connectivity index (χ0n) is 21.7. The summed E-state index contributed by atoms with van der Waals surface area (Å²) in [5.74, 6) is -0.716. The second-order valence-corrected chi connectivity index (χ2v) is 10.6. The van der Waals surface area contributed by atoms with Gasteiger partial charge in [-0.05, 0) is 71.4 Å². The minimum atomic E-state index is -0.685. The molecule has 40 heavy (non-hydrogen) atoms. The van der Waals surface area contributed by atoms with Gasteiger partial charge < -0.3 is 15.0 Å². The van der Waals surface area contributed by atoms with Crippen molar-refractivity contribution in [3.63, 3.8) is 0 Å². The van der Waals surface area contributed by atoms with E-state index in [1.54, 1.807) is 72.5 Å². The number of hydrogen-bond acceptors (Lipinski definition) is 4. The standard InChI is InChI=1S/C29H25BrClFN4O4/c1-17(21-5-3-4-6-24(21)32)33-27(37)26-25-16-34(28(38)18-7-12-22(30)23(31)15-18)13-14-35(25)29(39)36(26)19-8-10-20(40-2)11-9-19/h3-12,15,17H,13-14,16H2,1-2H3,(H,33,37)/t17-/m1/s1. The van der Waals surface area contributed by atoms with Gasteiger partial charge >= 0.3 is 5.69 Å². The number of aromatic nitrogens is 2. The van der Waals surface area contributed by atoms with E-state index in [-0.39, 0.29) is 31.2 Å². The maximum atomic E-state index is 14.5. The quantitative estimate of drug-likeness (QED) is 0.313. The first kappa shape index (κ1) is 27.7. The average molecular weight is 628 g/mol. The van der Waals surface area contributed by atoms with E-state index < -0.39 is 23.5 Å². The molecule has 1 aromatic heterocycles. The normalized spacial score (nSPS) is 13.5. The predicted octanol–water partition coefficient (Wildman–Crippen LogP) is 5.35. The zero-order valence-corrected chi connectivity index (χ0v) is 24.0. The minimum absolute atomic E-state index is 0.0156. The van der Waals surface area contributed by atoms with Crippen molar-refractivity contribution in [3.05, 3.63) is 115 Å². The summed E-state index contributed by atoms with van der Waals surface area (Å²) in [4.78, 5) is 42.4. The number of rotatable bonds is 6. The Hall–Kier alpha value is -3.89. The van der Waals surface area contributed by atoms with Gasteiger partial charge in [0.15, 0.2) is 0 Å². The van der Waals surface area contributed by atoms with Crippen molar-refractivity contribution < 1.29 is 18.7 Å². The van der Waals surface area contributed by atoms with Crippen LogP contribution in [0.15, 0.2) is 76.0 Å². The topological polar surface area (TPSA) is 85.6 Å². The van der Waals surface area contributed by atoms with Crippen LogP contribution in [-0.4, -0.2) is 39.5 Å². The van der Waals surface area contributed by atoms with Crippen molar-refractivity contribution in [1.29, 1.82) is 0 Å². The number of nitrogens with zero attached hydrogens (tertiary/aromatic N) is 3. The van der Waals surface area contributed by atoms with Crippen LogP contribution in [-0.2, 0) is 13.1 Å². The van der Waals surface area contributed by atoms with E-state index in [2.05, 4.69) is 21.2 Å². The highest BCUT2D eigenvalue weighted by molar-refractivity contribution is 9.10. The first-order valence-corrected chi connectivity index (χ1v) is 13.6. The van der Waals surface area contributed by atoms with Crippen molar-refractivity contribution in [2.75, 3.05) is 13.7 Å². The van der Waals surface area contributed by atoms with Gasteiger partial charge in [-0.25, -0.2) is 9.18 Å². The van der Waals surface area contributed by atoms with Crippen LogP contribution in [0.4, 0.5) is 4.39 Å². The van der Waals surface area contributed by atoms with Gasteiger partial charge in [-0.1, -0.05) is 29.8 Å². The summed E-state index contributed by atoms with van der Waals surface area (Å²) in [6.45, 7) is 2.14. The molecular weight excluding hydrogens is 603 g/mol. The highest BCUT2D eigenvalue weighted by Gasteiger charge is 2.33. The molecular formula is C29H25BrClFN4O4. The average Bonchev–Trinajstić information content (AvgIpc) is 3.25. The molecule has 1 aliphatic rings. The van der Waals surface area contributed by atoms with Crippen molar-refractivity contribution in [1.82, 2.24) is 19.4 Å². The van der Waals surface area contributed by atoms with Crippen LogP contribution >= 0.6 is 27.5 Å². The molecule has 0 aliphatic carbocycles. The number of imidazole rings is 1. The molecule has 1 aliphatic heterocycles. The Labute approximate surface area is 243 Å². The number of hydrogen-bond donors (Lipinski definition) is 1. The van der Waals surface area contributed by atoms with Gasteiger partial charge in [0.1, 0.15) is 17.3 Å². The Bertz CT molecular complexity index is 1670. The van der Waals surface area contributed by atoms with Gasteiger partial charge in [0.05, 0.1) is 36.1 Å². The summed E-state index contributed by atoms with van der Waals surface area (Å²) < 4.78 is 23.2. The number of methoxy groups -OCH3 is 1. The monoisotopic (exact) mass is 626 g/mol.